The Bertz CT molecular complexity index is 411. The van der Waals surface area contributed by atoms with Crippen molar-refractivity contribution >= 4 is 5.91 Å². The van der Waals surface area contributed by atoms with Crippen LogP contribution in [0.3, 0.4) is 0 Å². The smallest absolute Gasteiger partial charge is 0.247 e. The largest absolute Gasteiger partial charge is 0.379 e. The summed E-state index contributed by atoms with van der Waals surface area (Å²) in [4.78, 5) is 14.2. The molecule has 4 nitrogen and oxygen atoms in total. The fourth-order valence-electron chi connectivity index (χ4n) is 2.27. The second kappa shape index (κ2) is 5.08. The third kappa shape index (κ3) is 2.40. The molecular formula is C14H20N2O2. The zero-order chi connectivity index (χ0) is 13.2. The number of benzene rings is 1. The number of hydrogen-bond donors (Lipinski definition) is 1. The van der Waals surface area contributed by atoms with Crippen molar-refractivity contribution < 1.29 is 9.53 Å². The van der Waals surface area contributed by atoms with Gasteiger partial charge in [-0.2, -0.15) is 0 Å². The second-order valence-corrected chi connectivity index (χ2v) is 5.00. The zero-order valence-electron chi connectivity index (χ0n) is 10.9. The van der Waals surface area contributed by atoms with E-state index in [0.717, 1.165) is 18.6 Å². The van der Waals surface area contributed by atoms with Crippen LogP contribution in [0.5, 0.6) is 0 Å². The van der Waals surface area contributed by atoms with Crippen LogP contribution in [0.15, 0.2) is 30.3 Å². The van der Waals surface area contributed by atoms with Crippen molar-refractivity contribution in [3.63, 3.8) is 0 Å². The first kappa shape index (κ1) is 13.1. The third-order valence-corrected chi connectivity index (χ3v) is 3.59. The van der Waals surface area contributed by atoms with Gasteiger partial charge in [0.2, 0.25) is 5.91 Å². The Morgan fingerprint density at radius 1 is 1.44 bits per heavy atom. The summed E-state index contributed by atoms with van der Waals surface area (Å²) >= 11 is 0. The predicted molar refractivity (Wildman–Crippen MR) is 70.0 cm³/mol. The van der Waals surface area contributed by atoms with Crippen LogP contribution in [0.2, 0.25) is 0 Å². The molecule has 4 heteroatoms. The topological polar surface area (TPSA) is 55.6 Å². The maximum absolute atomic E-state index is 12.5. The molecule has 1 aromatic rings. The van der Waals surface area contributed by atoms with Crippen molar-refractivity contribution in [2.75, 3.05) is 20.3 Å². The number of nitrogens with zero attached hydrogens (tertiary/aromatic N) is 1. The number of carbonyl (C=O) groups excluding carboxylic acids is 1. The Balaban J connectivity index is 2.16. The van der Waals surface area contributed by atoms with E-state index in [1.807, 2.05) is 30.3 Å². The first-order valence-electron chi connectivity index (χ1n) is 6.23. The van der Waals surface area contributed by atoms with Gasteiger partial charge in [-0.25, -0.2) is 0 Å². The van der Waals surface area contributed by atoms with Crippen LogP contribution in [0.25, 0.3) is 0 Å². The number of hydrogen-bond acceptors (Lipinski definition) is 3. The fraction of sp³-hybridized carbons (Fsp3) is 0.500. The van der Waals surface area contributed by atoms with E-state index in [9.17, 15) is 4.79 Å². The average Bonchev–Trinajstić information content (AvgIpc) is 2.92. The van der Waals surface area contributed by atoms with Gasteiger partial charge in [0.1, 0.15) is 5.54 Å². The molecule has 1 aliphatic heterocycles. The third-order valence-electron chi connectivity index (χ3n) is 3.59. The highest BCUT2D eigenvalue weighted by atomic mass is 16.5. The lowest BCUT2D eigenvalue weighted by atomic mass is 9.91. The molecule has 2 rings (SSSR count). The summed E-state index contributed by atoms with van der Waals surface area (Å²) in [6.45, 7) is 3.08. The number of nitrogens with two attached hydrogens (primary N) is 1. The maximum Gasteiger partial charge on any atom is 0.247 e. The van der Waals surface area contributed by atoms with E-state index in [1.165, 1.54) is 0 Å². The minimum Gasteiger partial charge on any atom is -0.379 e. The molecule has 2 unspecified atom stereocenters. The minimum absolute atomic E-state index is 0.0656. The van der Waals surface area contributed by atoms with E-state index < -0.39 is 5.54 Å². The molecule has 0 aromatic heterocycles. The highest BCUT2D eigenvalue weighted by molar-refractivity contribution is 5.87. The molecule has 2 N–H and O–H groups in total. The molecule has 0 radical (unpaired) electrons. The minimum atomic E-state index is -0.987. The molecule has 1 fully saturated rings. The summed E-state index contributed by atoms with van der Waals surface area (Å²) in [6.07, 6.45) is 0.882. The Kier molecular flexibility index (Phi) is 3.68. The molecule has 1 aliphatic rings. The van der Waals surface area contributed by atoms with E-state index in [-0.39, 0.29) is 11.9 Å². The van der Waals surface area contributed by atoms with Gasteiger partial charge in [0.05, 0.1) is 12.6 Å². The van der Waals surface area contributed by atoms with Gasteiger partial charge in [-0.05, 0) is 18.9 Å². The van der Waals surface area contributed by atoms with Gasteiger partial charge >= 0.3 is 0 Å². The summed E-state index contributed by atoms with van der Waals surface area (Å²) in [5.41, 5.74) is 6.06. The lowest BCUT2D eigenvalue weighted by Crippen LogP contribution is -2.52. The molecule has 0 saturated carbocycles. The van der Waals surface area contributed by atoms with E-state index in [2.05, 4.69) is 0 Å². The maximum atomic E-state index is 12.5. The molecule has 2 atom stereocenters. The molecule has 98 valence electrons. The standard InChI is InChI=1S/C14H20N2O2/c1-14(15,11-6-4-3-5-7-11)13(17)16(2)12-8-9-18-10-12/h3-7,12H,8-10,15H2,1-2H3. The second-order valence-electron chi connectivity index (χ2n) is 5.00. The first-order valence-corrected chi connectivity index (χ1v) is 6.23. The lowest BCUT2D eigenvalue weighted by molar-refractivity contribution is -0.137. The predicted octanol–water partition coefficient (Wildman–Crippen LogP) is 1.11. The number of amides is 1. The Morgan fingerprint density at radius 2 is 2.11 bits per heavy atom. The molecule has 0 aliphatic carbocycles. The monoisotopic (exact) mass is 248 g/mol. The van der Waals surface area contributed by atoms with Gasteiger partial charge in [0, 0.05) is 13.7 Å². The van der Waals surface area contributed by atoms with Gasteiger partial charge in [0.15, 0.2) is 0 Å². The summed E-state index contributed by atoms with van der Waals surface area (Å²) in [6, 6.07) is 9.62. The highest BCUT2D eigenvalue weighted by Gasteiger charge is 2.36. The molecule has 1 aromatic carbocycles. The summed E-state index contributed by atoms with van der Waals surface area (Å²) < 4.78 is 5.31. The van der Waals surface area contributed by atoms with Gasteiger partial charge in [-0.15, -0.1) is 0 Å². The van der Waals surface area contributed by atoms with Crippen LogP contribution in [0.4, 0.5) is 0 Å². The van der Waals surface area contributed by atoms with Crippen LogP contribution in [0.1, 0.15) is 18.9 Å². The Morgan fingerprint density at radius 3 is 2.67 bits per heavy atom. The van der Waals surface area contributed by atoms with Crippen LogP contribution >= 0.6 is 0 Å². The first-order chi connectivity index (χ1) is 8.53. The van der Waals surface area contributed by atoms with E-state index in [0.29, 0.717) is 6.61 Å². The SMILES string of the molecule is CN(C(=O)C(C)(N)c1ccccc1)C1CCOC1. The molecule has 1 saturated heterocycles. The van der Waals surface area contributed by atoms with Crippen LogP contribution < -0.4 is 5.73 Å². The highest BCUT2D eigenvalue weighted by Crippen LogP contribution is 2.22. The summed E-state index contributed by atoms with van der Waals surface area (Å²) in [5, 5.41) is 0. The lowest BCUT2D eigenvalue weighted by Gasteiger charge is -2.32. The number of carbonyl (C=O) groups is 1. The van der Waals surface area contributed by atoms with Crippen LogP contribution in [-0.4, -0.2) is 37.1 Å². The van der Waals surface area contributed by atoms with E-state index in [1.54, 1.807) is 18.9 Å². The number of likely N-dealkylation sites (N-methyl/N-ethyl adjacent to an activating group) is 1. The molecule has 0 bridgehead atoms. The van der Waals surface area contributed by atoms with Crippen molar-refractivity contribution in [3.05, 3.63) is 35.9 Å². The molecule has 0 spiro atoms. The quantitative estimate of drug-likeness (QED) is 0.871. The molecule has 1 heterocycles. The van der Waals surface area contributed by atoms with Crippen molar-refractivity contribution in [2.45, 2.75) is 24.9 Å². The van der Waals surface area contributed by atoms with Crippen LogP contribution in [0, 0.1) is 0 Å². The molecule has 18 heavy (non-hydrogen) atoms. The fourth-order valence-corrected chi connectivity index (χ4v) is 2.27. The zero-order valence-corrected chi connectivity index (χ0v) is 10.9. The van der Waals surface area contributed by atoms with E-state index >= 15 is 0 Å². The van der Waals surface area contributed by atoms with Crippen molar-refractivity contribution in [1.29, 1.82) is 0 Å². The van der Waals surface area contributed by atoms with Gasteiger partial charge in [-0.1, -0.05) is 30.3 Å². The van der Waals surface area contributed by atoms with Gasteiger partial charge in [-0.3, -0.25) is 4.79 Å². The Labute approximate surface area is 108 Å². The van der Waals surface area contributed by atoms with Crippen LogP contribution in [-0.2, 0) is 15.1 Å². The van der Waals surface area contributed by atoms with Gasteiger partial charge in [0.25, 0.3) is 0 Å². The van der Waals surface area contributed by atoms with Crippen molar-refractivity contribution in [2.24, 2.45) is 5.73 Å². The van der Waals surface area contributed by atoms with E-state index in [4.69, 9.17) is 10.5 Å². The molecular weight excluding hydrogens is 228 g/mol. The number of ether oxygens (including phenoxy) is 1. The van der Waals surface area contributed by atoms with Crippen molar-refractivity contribution in [1.82, 2.24) is 4.90 Å². The van der Waals surface area contributed by atoms with Crippen molar-refractivity contribution in [3.8, 4) is 0 Å². The van der Waals surface area contributed by atoms with Gasteiger partial charge < -0.3 is 15.4 Å². The average molecular weight is 248 g/mol. The summed E-state index contributed by atoms with van der Waals surface area (Å²) in [7, 11) is 1.80. The number of rotatable bonds is 3. The summed E-state index contributed by atoms with van der Waals surface area (Å²) in [5.74, 6) is -0.0656. The Hall–Kier alpha value is -1.39. The molecule has 1 amide bonds. The normalized spacial score (nSPS) is 22.5.